The third-order valence-electron chi connectivity index (χ3n) is 3.36. The summed E-state index contributed by atoms with van der Waals surface area (Å²) in [5, 5.41) is 3.60. The number of amides is 1. The minimum Gasteiger partial charge on any atom is -0.325 e. The lowest BCUT2D eigenvalue weighted by Crippen LogP contribution is -2.28. The summed E-state index contributed by atoms with van der Waals surface area (Å²) in [6.07, 6.45) is 4.62. The zero-order valence-corrected chi connectivity index (χ0v) is 14.0. The normalized spacial score (nSPS) is 10.8. The lowest BCUT2D eigenvalue weighted by atomic mass is 10.2. The number of fused-ring (bicyclic) bond motifs is 1. The topological polar surface area (TPSA) is 89.8 Å². The molecule has 2 heterocycles. The number of hydrogen-bond donors (Lipinski definition) is 1. The van der Waals surface area contributed by atoms with Gasteiger partial charge in [-0.25, -0.2) is 15.0 Å². The highest BCUT2D eigenvalue weighted by atomic mass is 32.2. The maximum absolute atomic E-state index is 12.4. The molecule has 1 amide bonds. The van der Waals surface area contributed by atoms with E-state index in [0.29, 0.717) is 21.9 Å². The van der Waals surface area contributed by atoms with Gasteiger partial charge < -0.3 is 5.32 Å². The van der Waals surface area contributed by atoms with E-state index in [1.54, 1.807) is 6.07 Å². The van der Waals surface area contributed by atoms with Crippen LogP contribution < -0.4 is 10.9 Å². The molecule has 0 atom stereocenters. The molecule has 0 saturated heterocycles. The Balaban J connectivity index is 1.83. The first-order chi connectivity index (χ1) is 11.6. The zero-order chi connectivity index (χ0) is 17.1. The van der Waals surface area contributed by atoms with Crippen molar-refractivity contribution in [3.05, 3.63) is 52.7 Å². The van der Waals surface area contributed by atoms with E-state index >= 15 is 0 Å². The third-order valence-corrected chi connectivity index (χ3v) is 3.92. The molecular formula is C16H15N5O2S. The minimum atomic E-state index is -0.341. The second-order valence-electron chi connectivity index (χ2n) is 5.19. The molecule has 1 aromatic carbocycles. The van der Waals surface area contributed by atoms with E-state index in [0.717, 1.165) is 5.56 Å². The highest BCUT2D eigenvalue weighted by Gasteiger charge is 2.10. The Kier molecular flexibility index (Phi) is 4.57. The van der Waals surface area contributed by atoms with Crippen molar-refractivity contribution in [2.45, 2.75) is 18.6 Å². The van der Waals surface area contributed by atoms with Gasteiger partial charge in [0.25, 0.3) is 5.56 Å². The number of carbonyl (C=O) groups excluding carboxylic acids is 1. The molecule has 7 nitrogen and oxygen atoms in total. The van der Waals surface area contributed by atoms with E-state index in [1.807, 2.05) is 31.4 Å². The van der Waals surface area contributed by atoms with E-state index < -0.39 is 0 Å². The minimum absolute atomic E-state index is 0.125. The molecule has 122 valence electrons. The number of carbonyl (C=O) groups is 1. The Morgan fingerprint density at radius 3 is 2.92 bits per heavy atom. The number of thioether (sulfide) groups is 1. The highest BCUT2D eigenvalue weighted by Crippen LogP contribution is 2.11. The van der Waals surface area contributed by atoms with Crippen LogP contribution >= 0.6 is 11.8 Å². The molecule has 3 aromatic rings. The number of nitrogens with zero attached hydrogens (tertiary/aromatic N) is 4. The van der Waals surface area contributed by atoms with Crippen LogP contribution in [0.2, 0.25) is 0 Å². The smallest absolute Gasteiger partial charge is 0.264 e. The van der Waals surface area contributed by atoms with Crippen molar-refractivity contribution >= 4 is 34.4 Å². The molecule has 2 aromatic heterocycles. The number of rotatable bonds is 4. The van der Waals surface area contributed by atoms with Crippen LogP contribution in [0.5, 0.6) is 0 Å². The lowest BCUT2D eigenvalue weighted by Gasteiger charge is -2.08. The molecule has 0 saturated carbocycles. The summed E-state index contributed by atoms with van der Waals surface area (Å²) in [6, 6.07) is 7.45. The van der Waals surface area contributed by atoms with Crippen molar-refractivity contribution in [2.75, 3.05) is 11.6 Å². The van der Waals surface area contributed by atoms with Crippen molar-refractivity contribution in [2.24, 2.45) is 0 Å². The van der Waals surface area contributed by atoms with Gasteiger partial charge in [0.1, 0.15) is 18.3 Å². The third kappa shape index (κ3) is 3.43. The number of aryl methyl sites for hydroxylation is 1. The quantitative estimate of drug-likeness (QED) is 0.575. The van der Waals surface area contributed by atoms with Crippen LogP contribution in [0, 0.1) is 6.92 Å². The van der Waals surface area contributed by atoms with Gasteiger partial charge >= 0.3 is 0 Å². The first kappa shape index (κ1) is 16.1. The van der Waals surface area contributed by atoms with Gasteiger partial charge in [-0.15, -0.1) is 0 Å². The standard InChI is InChI=1S/C16H15N5O2S/c1-10-4-3-5-11(6-10)19-13(22)8-21-9-18-14-12(15(21)23)7-17-16(20-14)24-2/h3-7,9H,8H2,1-2H3,(H,19,22). The predicted octanol–water partition coefficient (Wildman–Crippen LogP) is 1.86. The van der Waals surface area contributed by atoms with Crippen LogP contribution in [0.3, 0.4) is 0 Å². The van der Waals surface area contributed by atoms with Crippen LogP contribution in [0.15, 0.2) is 46.7 Å². The van der Waals surface area contributed by atoms with Crippen molar-refractivity contribution in [3.63, 3.8) is 0 Å². The molecule has 8 heteroatoms. The Labute approximate surface area is 142 Å². The van der Waals surface area contributed by atoms with Crippen LogP contribution in [0.4, 0.5) is 5.69 Å². The Hall–Kier alpha value is -2.74. The SMILES string of the molecule is CSc1ncc2c(=O)n(CC(=O)Nc3cccc(C)c3)cnc2n1. The van der Waals surface area contributed by atoms with Crippen molar-refractivity contribution in [3.8, 4) is 0 Å². The summed E-state index contributed by atoms with van der Waals surface area (Å²) in [7, 11) is 0. The monoisotopic (exact) mass is 341 g/mol. The number of nitrogens with one attached hydrogen (secondary N) is 1. The van der Waals surface area contributed by atoms with Gasteiger partial charge in [-0.05, 0) is 30.9 Å². The second-order valence-corrected chi connectivity index (χ2v) is 5.96. The van der Waals surface area contributed by atoms with Gasteiger partial charge in [-0.3, -0.25) is 14.2 Å². The summed E-state index contributed by atoms with van der Waals surface area (Å²) >= 11 is 1.37. The largest absolute Gasteiger partial charge is 0.325 e. The summed E-state index contributed by atoms with van der Waals surface area (Å²) < 4.78 is 1.25. The van der Waals surface area contributed by atoms with E-state index in [1.165, 1.54) is 28.9 Å². The van der Waals surface area contributed by atoms with Crippen LogP contribution in [0.25, 0.3) is 11.0 Å². The van der Waals surface area contributed by atoms with Crippen molar-refractivity contribution < 1.29 is 4.79 Å². The fourth-order valence-corrected chi connectivity index (χ4v) is 2.56. The van der Waals surface area contributed by atoms with Crippen molar-refractivity contribution in [1.82, 2.24) is 19.5 Å². The summed E-state index contributed by atoms with van der Waals surface area (Å²) in [5.41, 5.74) is 1.72. The predicted molar refractivity (Wildman–Crippen MR) is 93.2 cm³/mol. The number of benzene rings is 1. The van der Waals surface area contributed by atoms with Crippen LogP contribution in [0.1, 0.15) is 5.56 Å². The first-order valence-corrected chi connectivity index (χ1v) is 8.42. The number of aromatic nitrogens is 4. The first-order valence-electron chi connectivity index (χ1n) is 7.19. The average molecular weight is 341 g/mol. The molecule has 0 fully saturated rings. The Morgan fingerprint density at radius 2 is 2.17 bits per heavy atom. The number of hydrogen-bond acceptors (Lipinski definition) is 6. The molecule has 0 aliphatic heterocycles. The molecule has 0 bridgehead atoms. The summed E-state index contributed by atoms with van der Waals surface area (Å²) in [6.45, 7) is 1.82. The summed E-state index contributed by atoms with van der Waals surface area (Å²) in [5.74, 6) is -0.300. The maximum atomic E-state index is 12.4. The molecule has 0 aliphatic carbocycles. The van der Waals surface area contributed by atoms with E-state index in [-0.39, 0.29) is 18.0 Å². The van der Waals surface area contributed by atoms with Gasteiger partial charge in [0.2, 0.25) is 5.91 Å². The Morgan fingerprint density at radius 1 is 1.33 bits per heavy atom. The highest BCUT2D eigenvalue weighted by molar-refractivity contribution is 7.98. The molecule has 24 heavy (non-hydrogen) atoms. The molecule has 0 unspecified atom stereocenters. The van der Waals surface area contributed by atoms with E-state index in [9.17, 15) is 9.59 Å². The molecule has 0 aliphatic rings. The van der Waals surface area contributed by atoms with E-state index in [2.05, 4.69) is 20.3 Å². The molecule has 0 radical (unpaired) electrons. The van der Waals surface area contributed by atoms with Crippen molar-refractivity contribution in [1.29, 1.82) is 0 Å². The van der Waals surface area contributed by atoms with Gasteiger partial charge in [0.15, 0.2) is 10.8 Å². The van der Waals surface area contributed by atoms with Gasteiger partial charge in [0.05, 0.1) is 0 Å². The van der Waals surface area contributed by atoms with Gasteiger partial charge in [0, 0.05) is 11.9 Å². The molecular weight excluding hydrogens is 326 g/mol. The molecule has 1 N–H and O–H groups in total. The molecule has 3 rings (SSSR count). The molecule has 0 spiro atoms. The average Bonchev–Trinajstić information content (AvgIpc) is 2.57. The maximum Gasteiger partial charge on any atom is 0.264 e. The van der Waals surface area contributed by atoms with E-state index in [4.69, 9.17) is 0 Å². The van der Waals surface area contributed by atoms with Gasteiger partial charge in [-0.1, -0.05) is 23.9 Å². The fraction of sp³-hybridized carbons (Fsp3) is 0.188. The zero-order valence-electron chi connectivity index (χ0n) is 13.2. The number of anilines is 1. The summed E-state index contributed by atoms with van der Waals surface area (Å²) in [4.78, 5) is 37.0. The Bertz CT molecular complexity index is 970. The van der Waals surface area contributed by atoms with Gasteiger partial charge in [-0.2, -0.15) is 0 Å². The van der Waals surface area contributed by atoms with Crippen LogP contribution in [-0.2, 0) is 11.3 Å². The lowest BCUT2D eigenvalue weighted by molar-refractivity contribution is -0.116. The fourth-order valence-electron chi connectivity index (χ4n) is 2.23. The van der Waals surface area contributed by atoms with Crippen LogP contribution in [-0.4, -0.2) is 31.7 Å². The second kappa shape index (κ2) is 6.79.